The molecule has 2 heterocycles. The average molecular weight is 389 g/mol. The zero-order valence-electron chi connectivity index (χ0n) is 12.3. The lowest BCUT2D eigenvalue weighted by atomic mass is 10.3. The first-order valence-corrected chi connectivity index (χ1v) is 10.1. The molecule has 0 bridgehead atoms. The Bertz CT molecular complexity index is 1030. The van der Waals surface area contributed by atoms with Crippen molar-refractivity contribution in [1.82, 2.24) is 4.57 Å². The highest BCUT2D eigenvalue weighted by Gasteiger charge is 2.17. The molecule has 122 valence electrons. The minimum Gasteiger partial charge on any atom is -0.495 e. The van der Waals surface area contributed by atoms with E-state index in [0.29, 0.717) is 21.4 Å². The van der Waals surface area contributed by atoms with E-state index in [1.165, 1.54) is 17.4 Å². The first-order valence-electron chi connectivity index (χ1n) is 6.69. The molecule has 0 saturated heterocycles. The third-order valence-corrected chi connectivity index (χ3v) is 7.33. The van der Waals surface area contributed by atoms with E-state index in [0.717, 1.165) is 21.6 Å². The van der Waals surface area contributed by atoms with Gasteiger partial charge in [0.25, 0.3) is 10.0 Å². The van der Waals surface area contributed by atoms with E-state index in [1.54, 1.807) is 13.2 Å². The molecule has 1 aromatic carbocycles. The van der Waals surface area contributed by atoms with Crippen LogP contribution < -0.4 is 9.54 Å². The lowest BCUT2D eigenvalue weighted by Crippen LogP contribution is -2.16. The van der Waals surface area contributed by atoms with Crippen LogP contribution in [-0.2, 0) is 16.6 Å². The minimum absolute atomic E-state index is 0.134. The van der Waals surface area contributed by atoms with Crippen LogP contribution in [0, 0.1) is 0 Å². The number of rotatable bonds is 4. The highest BCUT2D eigenvalue weighted by atomic mass is 35.5. The Hall–Kier alpha value is -1.35. The molecule has 3 aromatic rings. The molecule has 0 aliphatic carbocycles. The number of aryl methyl sites for hydroxylation is 1. The van der Waals surface area contributed by atoms with Crippen molar-refractivity contribution in [2.24, 2.45) is 4.40 Å². The van der Waals surface area contributed by atoms with Crippen LogP contribution in [0.15, 0.2) is 38.9 Å². The van der Waals surface area contributed by atoms with Crippen molar-refractivity contribution < 1.29 is 13.2 Å². The molecule has 0 atom stereocenters. The van der Waals surface area contributed by atoms with Gasteiger partial charge in [-0.25, -0.2) is 0 Å². The molecular formula is C14H13ClN2O3S3. The van der Waals surface area contributed by atoms with Gasteiger partial charge < -0.3 is 9.30 Å². The van der Waals surface area contributed by atoms with Crippen LogP contribution in [0.25, 0.3) is 10.2 Å². The van der Waals surface area contributed by atoms with Crippen molar-refractivity contribution in [3.8, 4) is 5.75 Å². The largest absolute Gasteiger partial charge is 0.495 e. The molecular weight excluding hydrogens is 376 g/mol. The number of thiazole rings is 1. The predicted molar refractivity (Wildman–Crippen MR) is 94.1 cm³/mol. The number of ether oxygens (including phenoxy) is 1. The quantitative estimate of drug-likeness (QED) is 0.684. The summed E-state index contributed by atoms with van der Waals surface area (Å²) in [6.07, 6.45) is 0. The second kappa shape index (κ2) is 6.27. The fraction of sp³-hybridized carbons (Fsp3) is 0.214. The summed E-state index contributed by atoms with van der Waals surface area (Å²) < 4.78 is 37.6. The van der Waals surface area contributed by atoms with E-state index in [-0.39, 0.29) is 4.21 Å². The molecule has 0 amide bonds. The summed E-state index contributed by atoms with van der Waals surface area (Å²) in [4.78, 5) is 0.413. The van der Waals surface area contributed by atoms with Crippen molar-refractivity contribution in [2.45, 2.75) is 17.7 Å². The Balaban J connectivity index is 2.28. The SMILES string of the molecule is CCn1/c(=N/S(=O)(=O)c2ccc(Cl)s2)sc2cccc(OC)c21. The fourth-order valence-corrected chi connectivity index (χ4v) is 5.99. The smallest absolute Gasteiger partial charge is 0.294 e. The highest BCUT2D eigenvalue weighted by molar-refractivity contribution is 7.92. The summed E-state index contributed by atoms with van der Waals surface area (Å²) in [6.45, 7) is 2.52. The average Bonchev–Trinajstić information content (AvgIpc) is 3.09. The van der Waals surface area contributed by atoms with Crippen LogP contribution in [0.2, 0.25) is 4.34 Å². The van der Waals surface area contributed by atoms with Crippen LogP contribution in [0.4, 0.5) is 0 Å². The number of halogens is 1. The summed E-state index contributed by atoms with van der Waals surface area (Å²) in [7, 11) is -2.19. The predicted octanol–water partition coefficient (Wildman–Crippen LogP) is 3.74. The van der Waals surface area contributed by atoms with Crippen LogP contribution in [-0.4, -0.2) is 20.1 Å². The summed E-state index contributed by atoms with van der Waals surface area (Å²) in [5.41, 5.74) is 0.848. The summed E-state index contributed by atoms with van der Waals surface area (Å²) >= 11 is 8.14. The van der Waals surface area contributed by atoms with Crippen LogP contribution in [0.1, 0.15) is 6.92 Å². The number of hydrogen-bond donors (Lipinski definition) is 0. The number of aromatic nitrogens is 1. The van der Waals surface area contributed by atoms with Crippen LogP contribution in [0.5, 0.6) is 5.75 Å². The Morgan fingerprint density at radius 1 is 1.26 bits per heavy atom. The number of para-hydroxylation sites is 1. The number of nitrogens with zero attached hydrogens (tertiary/aromatic N) is 2. The maximum absolute atomic E-state index is 12.5. The zero-order valence-corrected chi connectivity index (χ0v) is 15.5. The van der Waals surface area contributed by atoms with Gasteiger partial charge in [-0.1, -0.05) is 29.0 Å². The molecule has 0 saturated carbocycles. The van der Waals surface area contributed by atoms with Gasteiger partial charge >= 0.3 is 0 Å². The fourth-order valence-electron chi connectivity index (χ4n) is 2.21. The number of benzene rings is 1. The molecule has 0 aliphatic rings. The van der Waals surface area contributed by atoms with E-state index in [1.807, 2.05) is 29.7 Å². The van der Waals surface area contributed by atoms with E-state index in [4.69, 9.17) is 16.3 Å². The van der Waals surface area contributed by atoms with Gasteiger partial charge in [-0.3, -0.25) is 0 Å². The number of sulfonamides is 1. The van der Waals surface area contributed by atoms with E-state index < -0.39 is 10.0 Å². The Labute approximate surface area is 146 Å². The van der Waals surface area contributed by atoms with Gasteiger partial charge in [-0.15, -0.1) is 15.7 Å². The molecule has 3 rings (SSSR count). The van der Waals surface area contributed by atoms with Crippen LogP contribution in [0.3, 0.4) is 0 Å². The van der Waals surface area contributed by atoms with Gasteiger partial charge in [-0.05, 0) is 31.2 Å². The van der Waals surface area contributed by atoms with Gasteiger partial charge in [0.2, 0.25) is 4.80 Å². The van der Waals surface area contributed by atoms with Crippen LogP contribution >= 0.6 is 34.3 Å². The third kappa shape index (κ3) is 3.03. The molecule has 0 radical (unpaired) electrons. The standard InChI is InChI=1S/C14H13ClN2O3S3/c1-3-17-13-9(20-2)5-4-6-10(13)21-14(17)16-23(18,19)12-8-7-11(15)22-12/h4-8H,3H2,1-2H3/b16-14-. The van der Waals surface area contributed by atoms with E-state index in [9.17, 15) is 8.42 Å². The first kappa shape index (κ1) is 16.5. The molecule has 9 heteroatoms. The lowest BCUT2D eigenvalue weighted by molar-refractivity contribution is 0.417. The Kier molecular flexibility index (Phi) is 4.50. The van der Waals surface area contributed by atoms with Crippen molar-refractivity contribution in [1.29, 1.82) is 0 Å². The molecule has 23 heavy (non-hydrogen) atoms. The Morgan fingerprint density at radius 3 is 2.65 bits per heavy atom. The summed E-state index contributed by atoms with van der Waals surface area (Å²) in [6, 6.07) is 8.66. The first-order chi connectivity index (χ1) is 11.0. The number of fused-ring (bicyclic) bond motifs is 1. The normalized spacial score (nSPS) is 12.9. The maximum atomic E-state index is 12.5. The maximum Gasteiger partial charge on any atom is 0.294 e. The van der Waals surface area contributed by atoms with Crippen molar-refractivity contribution in [3.05, 3.63) is 39.5 Å². The molecule has 0 aliphatic heterocycles. The molecule has 5 nitrogen and oxygen atoms in total. The monoisotopic (exact) mass is 388 g/mol. The third-order valence-electron chi connectivity index (χ3n) is 3.20. The summed E-state index contributed by atoms with van der Waals surface area (Å²) in [5, 5.41) is 0. The topological polar surface area (TPSA) is 60.7 Å². The van der Waals surface area contributed by atoms with Gasteiger partial charge in [0.15, 0.2) is 0 Å². The second-order valence-corrected chi connectivity index (χ2v) is 9.12. The number of thiophene rings is 1. The van der Waals surface area contributed by atoms with Crippen molar-refractivity contribution >= 4 is 54.5 Å². The van der Waals surface area contributed by atoms with Crippen molar-refractivity contribution in [2.75, 3.05) is 7.11 Å². The number of methoxy groups -OCH3 is 1. The molecule has 0 N–H and O–H groups in total. The number of hydrogen-bond acceptors (Lipinski definition) is 5. The van der Waals surface area contributed by atoms with Gasteiger partial charge in [0.1, 0.15) is 15.5 Å². The summed E-state index contributed by atoms with van der Waals surface area (Å²) in [5.74, 6) is 0.693. The second-order valence-electron chi connectivity index (χ2n) is 4.56. The minimum atomic E-state index is -3.78. The van der Waals surface area contributed by atoms with Crippen molar-refractivity contribution in [3.63, 3.8) is 0 Å². The highest BCUT2D eigenvalue weighted by Crippen LogP contribution is 2.29. The Morgan fingerprint density at radius 2 is 2.04 bits per heavy atom. The molecule has 0 unspecified atom stereocenters. The van der Waals surface area contributed by atoms with E-state index >= 15 is 0 Å². The van der Waals surface area contributed by atoms with E-state index in [2.05, 4.69) is 4.40 Å². The lowest BCUT2D eigenvalue weighted by Gasteiger charge is -2.05. The van der Waals surface area contributed by atoms with Gasteiger partial charge in [-0.2, -0.15) is 8.42 Å². The van der Waals surface area contributed by atoms with Gasteiger partial charge in [0, 0.05) is 6.54 Å². The molecule has 0 spiro atoms. The zero-order chi connectivity index (χ0) is 16.6. The van der Waals surface area contributed by atoms with Gasteiger partial charge in [0.05, 0.1) is 16.1 Å². The molecule has 2 aromatic heterocycles. The molecule has 0 fully saturated rings.